The Balaban J connectivity index is 1.24. The van der Waals surface area contributed by atoms with Gasteiger partial charge in [0.25, 0.3) is 0 Å². The molecule has 0 spiro atoms. The summed E-state index contributed by atoms with van der Waals surface area (Å²) in [6.07, 6.45) is 19.7. The van der Waals surface area contributed by atoms with E-state index in [1.54, 1.807) is 0 Å². The Morgan fingerprint density at radius 2 is 1.00 bits per heavy atom. The average molecular weight is 399 g/mol. The van der Waals surface area contributed by atoms with E-state index in [2.05, 4.69) is 80.1 Å². The van der Waals surface area contributed by atoms with Crippen molar-refractivity contribution in [2.24, 2.45) is 0 Å². The maximum Gasteiger partial charge on any atom is 0.0890 e. The van der Waals surface area contributed by atoms with E-state index in [9.17, 15) is 0 Å². The predicted octanol–water partition coefficient (Wildman–Crippen LogP) is 4.84. The number of unbranched alkanes of at least 4 members (excludes halogenated alkanes) is 6. The Hall–Kier alpha value is -0.620. The van der Waals surface area contributed by atoms with Crippen LogP contribution in [0.2, 0.25) is 0 Å². The van der Waals surface area contributed by atoms with E-state index in [4.69, 9.17) is 0 Å². The van der Waals surface area contributed by atoms with Gasteiger partial charge in [0.15, 0.2) is 0 Å². The molecule has 0 radical (unpaired) electrons. The maximum absolute atomic E-state index is 2.41. The van der Waals surface area contributed by atoms with Crippen LogP contribution in [-0.4, -0.2) is 71.6 Å². The van der Waals surface area contributed by atoms with E-state index in [0.29, 0.717) is 0 Å². The molecule has 4 nitrogen and oxygen atoms in total. The Morgan fingerprint density at radius 3 is 1.38 bits per heavy atom. The van der Waals surface area contributed by atoms with Crippen LogP contribution in [0.15, 0.2) is 24.8 Å². The van der Waals surface area contributed by atoms with Gasteiger partial charge < -0.3 is 19.6 Å². The normalized spacial score (nSPS) is 16.5. The monoisotopic (exact) mass is 398 g/mol. The number of hydrogen-bond acceptors (Lipinski definition) is 6. The number of nitrogens with zero attached hydrogens (tertiary/aromatic N) is 4. The van der Waals surface area contributed by atoms with Gasteiger partial charge in [0, 0.05) is 63.5 Å². The zero-order valence-corrected chi connectivity index (χ0v) is 18.4. The van der Waals surface area contributed by atoms with Crippen molar-refractivity contribution in [3.05, 3.63) is 24.8 Å². The fourth-order valence-corrected chi connectivity index (χ4v) is 5.54. The van der Waals surface area contributed by atoms with Crippen LogP contribution in [0.3, 0.4) is 0 Å². The largest absolute Gasteiger partial charge is 0.362 e. The van der Waals surface area contributed by atoms with E-state index in [1.165, 1.54) is 76.0 Å². The van der Waals surface area contributed by atoms with E-state index in [-0.39, 0.29) is 0 Å². The van der Waals surface area contributed by atoms with Crippen molar-refractivity contribution in [3.63, 3.8) is 0 Å². The van der Waals surface area contributed by atoms with Gasteiger partial charge in [-0.25, -0.2) is 0 Å². The molecular formula is C20H38N4S2. The van der Waals surface area contributed by atoms with Crippen molar-refractivity contribution >= 4 is 21.6 Å². The zero-order chi connectivity index (χ0) is 18.5. The third-order valence-corrected chi connectivity index (χ3v) is 7.38. The van der Waals surface area contributed by atoms with Crippen LogP contribution in [-0.2, 0) is 0 Å². The highest BCUT2D eigenvalue weighted by molar-refractivity contribution is 8.76. The summed E-state index contributed by atoms with van der Waals surface area (Å²) in [6.45, 7) is 4.57. The van der Waals surface area contributed by atoms with Crippen LogP contribution in [0, 0.1) is 0 Å². The summed E-state index contributed by atoms with van der Waals surface area (Å²) >= 11 is 0. The molecule has 0 amide bonds. The minimum atomic E-state index is 1.07. The molecule has 0 bridgehead atoms. The van der Waals surface area contributed by atoms with Crippen molar-refractivity contribution in [3.8, 4) is 0 Å². The molecule has 2 aliphatic rings. The standard InChI is InChI=1S/C20H38N4S2/c1-21-13-15-23(19-21)11-7-3-5-9-17-25-26-18-10-6-4-8-12-24-16-14-22(2)20-24/h13-16H,3-12,17-20H2,1-2H3. The molecule has 6 heteroatoms. The van der Waals surface area contributed by atoms with Crippen molar-refractivity contribution in [1.29, 1.82) is 0 Å². The van der Waals surface area contributed by atoms with Crippen LogP contribution >= 0.6 is 21.6 Å². The van der Waals surface area contributed by atoms with E-state index in [1.807, 2.05) is 0 Å². The topological polar surface area (TPSA) is 13.0 Å². The third-order valence-electron chi connectivity index (χ3n) is 4.80. The van der Waals surface area contributed by atoms with Gasteiger partial charge in [0.2, 0.25) is 0 Å². The van der Waals surface area contributed by atoms with Gasteiger partial charge in [-0.2, -0.15) is 0 Å². The molecule has 26 heavy (non-hydrogen) atoms. The van der Waals surface area contributed by atoms with Crippen molar-refractivity contribution in [2.75, 3.05) is 52.0 Å². The Bertz CT molecular complexity index is 379. The third kappa shape index (κ3) is 9.91. The Morgan fingerprint density at radius 1 is 0.577 bits per heavy atom. The molecule has 0 fully saturated rings. The first-order valence-electron chi connectivity index (χ1n) is 10.2. The Kier molecular flexibility index (Phi) is 11.3. The molecule has 0 N–H and O–H groups in total. The predicted molar refractivity (Wildman–Crippen MR) is 119 cm³/mol. The number of rotatable bonds is 15. The lowest BCUT2D eigenvalue weighted by atomic mass is 10.2. The average Bonchev–Trinajstić information content (AvgIpc) is 3.23. The first-order chi connectivity index (χ1) is 12.7. The minimum absolute atomic E-state index is 1.07. The van der Waals surface area contributed by atoms with Crippen LogP contribution in [0.5, 0.6) is 0 Å². The zero-order valence-electron chi connectivity index (χ0n) is 16.8. The quantitative estimate of drug-likeness (QED) is 0.287. The van der Waals surface area contributed by atoms with E-state index < -0.39 is 0 Å². The lowest BCUT2D eigenvalue weighted by Crippen LogP contribution is -2.23. The molecular weight excluding hydrogens is 360 g/mol. The van der Waals surface area contributed by atoms with Gasteiger partial charge in [-0.05, 0) is 25.7 Å². The first-order valence-corrected chi connectivity index (χ1v) is 12.7. The summed E-state index contributed by atoms with van der Waals surface area (Å²) in [5.41, 5.74) is 0. The molecule has 0 aromatic heterocycles. The fraction of sp³-hybridized carbons (Fsp3) is 0.800. The number of hydrogen-bond donors (Lipinski definition) is 0. The van der Waals surface area contributed by atoms with Gasteiger partial charge in [-0.15, -0.1) is 0 Å². The molecule has 0 saturated heterocycles. The SMILES string of the molecule is CN1C=CN(CCCCCCSSCCCCCCN2C=CN(C)C2)C1. The molecule has 0 unspecified atom stereocenters. The van der Waals surface area contributed by atoms with Crippen LogP contribution in [0.25, 0.3) is 0 Å². The van der Waals surface area contributed by atoms with Gasteiger partial charge in [-0.1, -0.05) is 47.3 Å². The van der Waals surface area contributed by atoms with Crippen LogP contribution in [0.1, 0.15) is 51.4 Å². The van der Waals surface area contributed by atoms with Gasteiger partial charge in [-0.3, -0.25) is 0 Å². The summed E-state index contributed by atoms with van der Waals surface area (Å²) in [5, 5.41) is 0. The lowest BCUT2D eigenvalue weighted by molar-refractivity contribution is 0.291. The molecule has 2 aliphatic heterocycles. The molecule has 0 atom stereocenters. The summed E-state index contributed by atoms with van der Waals surface area (Å²) < 4.78 is 0. The van der Waals surface area contributed by atoms with Crippen LogP contribution < -0.4 is 0 Å². The van der Waals surface area contributed by atoms with Crippen molar-refractivity contribution in [1.82, 2.24) is 19.6 Å². The molecule has 0 aromatic rings. The minimum Gasteiger partial charge on any atom is -0.362 e. The highest BCUT2D eigenvalue weighted by Gasteiger charge is 2.07. The molecule has 0 saturated carbocycles. The van der Waals surface area contributed by atoms with Gasteiger partial charge in [0.05, 0.1) is 13.3 Å². The molecule has 2 heterocycles. The second-order valence-electron chi connectivity index (χ2n) is 7.49. The van der Waals surface area contributed by atoms with Gasteiger partial charge in [0.1, 0.15) is 0 Å². The smallest absolute Gasteiger partial charge is 0.0890 e. The maximum atomic E-state index is 2.41. The molecule has 0 aromatic carbocycles. The second kappa shape index (κ2) is 13.5. The molecule has 2 rings (SSSR count). The van der Waals surface area contributed by atoms with Crippen LogP contribution in [0.4, 0.5) is 0 Å². The summed E-state index contributed by atoms with van der Waals surface area (Å²) in [4.78, 5) is 9.28. The first kappa shape index (κ1) is 21.7. The summed E-state index contributed by atoms with van der Waals surface area (Å²) in [6, 6.07) is 0. The van der Waals surface area contributed by atoms with E-state index in [0.717, 1.165) is 13.3 Å². The Labute approximate surface area is 169 Å². The fourth-order valence-electron chi connectivity index (χ4n) is 3.25. The lowest BCUT2D eigenvalue weighted by Gasteiger charge is -2.17. The highest BCUT2D eigenvalue weighted by atomic mass is 33.1. The van der Waals surface area contributed by atoms with Crippen molar-refractivity contribution in [2.45, 2.75) is 51.4 Å². The second-order valence-corrected chi connectivity index (χ2v) is 10.2. The molecule has 150 valence electrons. The summed E-state index contributed by atoms with van der Waals surface area (Å²) in [5.74, 6) is 2.65. The summed E-state index contributed by atoms with van der Waals surface area (Å²) in [7, 11) is 8.44. The van der Waals surface area contributed by atoms with E-state index >= 15 is 0 Å². The highest BCUT2D eigenvalue weighted by Crippen LogP contribution is 2.24. The van der Waals surface area contributed by atoms with Gasteiger partial charge >= 0.3 is 0 Å². The van der Waals surface area contributed by atoms with Crippen molar-refractivity contribution < 1.29 is 0 Å². The molecule has 0 aliphatic carbocycles.